The van der Waals surface area contributed by atoms with Gasteiger partial charge in [0.2, 0.25) is 0 Å². The summed E-state index contributed by atoms with van der Waals surface area (Å²) in [6.45, 7) is 7.77. The maximum absolute atomic E-state index is 10.9. The molecular formula is C22H26BrNO2. The first kappa shape index (κ1) is 20.4. The number of benzene rings is 2. The fourth-order valence-electron chi connectivity index (χ4n) is 2.50. The lowest BCUT2D eigenvalue weighted by Crippen LogP contribution is -2.22. The van der Waals surface area contributed by atoms with Crippen molar-refractivity contribution in [3.63, 3.8) is 0 Å². The van der Waals surface area contributed by atoms with E-state index >= 15 is 0 Å². The van der Waals surface area contributed by atoms with Gasteiger partial charge in [-0.05, 0) is 55.3 Å². The molecule has 0 heterocycles. The van der Waals surface area contributed by atoms with E-state index in [4.69, 9.17) is 4.74 Å². The normalized spacial score (nSPS) is 13.5. The minimum Gasteiger partial charge on any atom is -0.490 e. The van der Waals surface area contributed by atoms with Crippen molar-refractivity contribution in [1.29, 1.82) is 0 Å². The Balaban J connectivity index is 1.86. The molecule has 26 heavy (non-hydrogen) atoms. The molecule has 0 fully saturated rings. The van der Waals surface area contributed by atoms with Crippen LogP contribution < -0.4 is 10.1 Å². The van der Waals surface area contributed by atoms with Gasteiger partial charge in [0.25, 0.3) is 0 Å². The van der Waals surface area contributed by atoms with Crippen LogP contribution in [0.2, 0.25) is 0 Å². The Morgan fingerprint density at radius 1 is 1.08 bits per heavy atom. The summed E-state index contributed by atoms with van der Waals surface area (Å²) < 4.78 is 6.69. The first-order valence-electron chi connectivity index (χ1n) is 8.72. The molecule has 0 aliphatic rings. The van der Waals surface area contributed by atoms with Crippen LogP contribution in [0.5, 0.6) is 5.75 Å². The van der Waals surface area contributed by atoms with Gasteiger partial charge in [-0.1, -0.05) is 58.4 Å². The average molecular weight is 416 g/mol. The zero-order chi connectivity index (χ0) is 18.8. The van der Waals surface area contributed by atoms with Crippen LogP contribution in [0.25, 0.3) is 0 Å². The van der Waals surface area contributed by atoms with Crippen LogP contribution in [0.4, 0.5) is 0 Å². The van der Waals surface area contributed by atoms with Gasteiger partial charge in [-0.2, -0.15) is 0 Å². The Kier molecular flexibility index (Phi) is 8.10. The fourth-order valence-corrected chi connectivity index (χ4v) is 2.77. The van der Waals surface area contributed by atoms with E-state index in [1.807, 2.05) is 60.7 Å². The minimum absolute atomic E-state index is 0.519. The van der Waals surface area contributed by atoms with Gasteiger partial charge in [0, 0.05) is 11.0 Å². The highest BCUT2D eigenvalue weighted by molar-refractivity contribution is 9.10. The van der Waals surface area contributed by atoms with E-state index in [-0.39, 0.29) is 0 Å². The van der Waals surface area contributed by atoms with Gasteiger partial charge in [-0.25, -0.2) is 0 Å². The van der Waals surface area contributed by atoms with Crippen LogP contribution in [0.15, 0.2) is 77.8 Å². The van der Waals surface area contributed by atoms with Crippen molar-refractivity contribution in [3.8, 4) is 5.75 Å². The summed E-state index contributed by atoms with van der Waals surface area (Å²) >= 11 is 3.42. The highest BCUT2D eigenvalue weighted by atomic mass is 79.9. The average Bonchev–Trinajstić information content (AvgIpc) is 2.65. The molecule has 2 rings (SSSR count). The van der Waals surface area contributed by atoms with Crippen molar-refractivity contribution in [1.82, 2.24) is 5.32 Å². The molecule has 138 valence electrons. The summed E-state index contributed by atoms with van der Waals surface area (Å²) in [5.41, 5.74) is 0.631. The summed E-state index contributed by atoms with van der Waals surface area (Å²) in [4.78, 5) is 0. The molecule has 0 bridgehead atoms. The molecule has 0 saturated heterocycles. The second kappa shape index (κ2) is 10.3. The van der Waals surface area contributed by atoms with E-state index in [9.17, 15) is 5.11 Å². The van der Waals surface area contributed by atoms with Gasteiger partial charge in [0.05, 0.1) is 0 Å². The van der Waals surface area contributed by atoms with Crippen molar-refractivity contribution in [2.75, 3.05) is 19.7 Å². The molecule has 3 nitrogen and oxygen atoms in total. The van der Waals surface area contributed by atoms with E-state index in [2.05, 4.69) is 33.9 Å². The fraction of sp³-hybridized carbons (Fsp3) is 0.273. The van der Waals surface area contributed by atoms with Crippen molar-refractivity contribution in [2.24, 2.45) is 0 Å². The highest BCUT2D eigenvalue weighted by Crippen LogP contribution is 2.31. The molecule has 2 aromatic rings. The predicted octanol–water partition coefficient (Wildman–Crippen LogP) is 4.81. The van der Waals surface area contributed by atoms with Crippen LogP contribution in [0.3, 0.4) is 0 Å². The molecule has 2 N–H and O–H groups in total. The Morgan fingerprint density at radius 2 is 1.69 bits per heavy atom. The van der Waals surface area contributed by atoms with Gasteiger partial charge in [-0.15, -0.1) is 6.58 Å². The van der Waals surface area contributed by atoms with Gasteiger partial charge in [0.1, 0.15) is 18.0 Å². The van der Waals surface area contributed by atoms with Crippen molar-refractivity contribution in [2.45, 2.75) is 18.9 Å². The molecule has 1 atom stereocenters. The van der Waals surface area contributed by atoms with E-state index in [0.717, 1.165) is 40.9 Å². The van der Waals surface area contributed by atoms with Gasteiger partial charge in [-0.3, -0.25) is 0 Å². The SMILES string of the molecule is C=CCCNCC=CCOc1ccc([C@](C)(O)c2ccc(Br)cc2)cc1. The van der Waals surface area contributed by atoms with E-state index in [1.54, 1.807) is 6.92 Å². The molecule has 0 radical (unpaired) electrons. The second-order valence-electron chi connectivity index (χ2n) is 6.17. The van der Waals surface area contributed by atoms with Crippen LogP contribution >= 0.6 is 15.9 Å². The number of rotatable bonds is 10. The smallest absolute Gasteiger partial charge is 0.119 e. The quantitative estimate of drug-likeness (QED) is 0.432. The molecule has 4 heteroatoms. The molecule has 0 aliphatic carbocycles. The molecule has 0 amide bonds. The van der Waals surface area contributed by atoms with E-state index in [1.165, 1.54) is 0 Å². The number of hydrogen-bond donors (Lipinski definition) is 2. The number of halogens is 1. The van der Waals surface area contributed by atoms with E-state index in [0.29, 0.717) is 6.61 Å². The molecule has 0 aliphatic heterocycles. The summed E-state index contributed by atoms with van der Waals surface area (Å²) in [5.74, 6) is 0.782. The Labute approximate surface area is 164 Å². The van der Waals surface area contributed by atoms with Gasteiger partial charge in [0.15, 0.2) is 0 Å². The summed E-state index contributed by atoms with van der Waals surface area (Å²) in [6, 6.07) is 15.3. The standard InChI is InChI=1S/C22H26BrNO2/c1-3-4-15-24-16-5-6-17-26-21-13-9-19(10-14-21)22(2,25)18-7-11-20(23)12-8-18/h3,5-14,24-25H,1,4,15-17H2,2H3/t22-/m1/s1. The maximum atomic E-state index is 10.9. The monoisotopic (exact) mass is 415 g/mol. The first-order valence-corrected chi connectivity index (χ1v) is 9.51. The third-order valence-electron chi connectivity index (χ3n) is 4.12. The van der Waals surface area contributed by atoms with Crippen LogP contribution in [0.1, 0.15) is 24.5 Å². The highest BCUT2D eigenvalue weighted by Gasteiger charge is 2.25. The van der Waals surface area contributed by atoms with Gasteiger partial charge >= 0.3 is 0 Å². The lowest BCUT2D eigenvalue weighted by molar-refractivity contribution is 0.102. The molecule has 2 aromatic carbocycles. The number of hydrogen-bond acceptors (Lipinski definition) is 3. The Bertz CT molecular complexity index is 706. The summed E-state index contributed by atoms with van der Waals surface area (Å²) in [6.07, 6.45) is 6.92. The topological polar surface area (TPSA) is 41.5 Å². The Morgan fingerprint density at radius 3 is 2.31 bits per heavy atom. The molecule has 0 saturated carbocycles. The van der Waals surface area contributed by atoms with Crippen LogP contribution in [0, 0.1) is 0 Å². The van der Waals surface area contributed by atoms with Crippen molar-refractivity contribution >= 4 is 15.9 Å². The third kappa shape index (κ3) is 6.13. The first-order chi connectivity index (χ1) is 12.5. The zero-order valence-corrected chi connectivity index (χ0v) is 16.7. The third-order valence-corrected chi connectivity index (χ3v) is 4.65. The maximum Gasteiger partial charge on any atom is 0.119 e. The number of ether oxygens (including phenoxy) is 1. The molecule has 0 spiro atoms. The van der Waals surface area contributed by atoms with Crippen LogP contribution in [-0.4, -0.2) is 24.8 Å². The molecule has 0 aromatic heterocycles. The number of aliphatic hydroxyl groups is 1. The second-order valence-corrected chi connectivity index (χ2v) is 7.08. The van der Waals surface area contributed by atoms with E-state index < -0.39 is 5.60 Å². The van der Waals surface area contributed by atoms with Crippen molar-refractivity contribution < 1.29 is 9.84 Å². The van der Waals surface area contributed by atoms with Crippen LogP contribution in [-0.2, 0) is 5.60 Å². The lowest BCUT2D eigenvalue weighted by atomic mass is 9.88. The van der Waals surface area contributed by atoms with Crippen molar-refractivity contribution in [3.05, 3.63) is 88.9 Å². The lowest BCUT2D eigenvalue weighted by Gasteiger charge is -2.24. The molecular weight excluding hydrogens is 390 g/mol. The summed E-state index contributed by atoms with van der Waals surface area (Å²) in [7, 11) is 0. The number of nitrogens with one attached hydrogen (secondary N) is 1. The summed E-state index contributed by atoms with van der Waals surface area (Å²) in [5, 5.41) is 14.2. The molecule has 0 unspecified atom stereocenters. The van der Waals surface area contributed by atoms with Gasteiger partial charge < -0.3 is 15.2 Å². The largest absolute Gasteiger partial charge is 0.490 e. The minimum atomic E-state index is -1.05. The predicted molar refractivity (Wildman–Crippen MR) is 112 cm³/mol. The Hall–Kier alpha value is -1.88. The zero-order valence-electron chi connectivity index (χ0n) is 15.1.